The first-order chi connectivity index (χ1) is 17.2. The van der Waals surface area contributed by atoms with E-state index in [2.05, 4.69) is 5.43 Å². The number of carbonyl (C=O) groups excluding carboxylic acids is 1. The summed E-state index contributed by atoms with van der Waals surface area (Å²) >= 11 is 0. The third-order valence-corrected chi connectivity index (χ3v) is 6.36. The van der Waals surface area contributed by atoms with E-state index in [0.717, 1.165) is 27.3 Å². The van der Waals surface area contributed by atoms with Gasteiger partial charge in [-0.15, -0.1) is 0 Å². The number of hydrogen-bond donors (Lipinski definition) is 4. The largest absolute Gasteiger partial charge is 0.480 e. The van der Waals surface area contributed by atoms with Crippen molar-refractivity contribution in [2.75, 3.05) is 13.2 Å². The van der Waals surface area contributed by atoms with Crippen molar-refractivity contribution in [3.8, 4) is 11.1 Å². The predicted octanol–water partition coefficient (Wildman–Crippen LogP) is 3.82. The van der Waals surface area contributed by atoms with Crippen molar-refractivity contribution in [1.82, 2.24) is 10.4 Å². The molecule has 194 valence electrons. The summed E-state index contributed by atoms with van der Waals surface area (Å²) in [6.45, 7) is 4.07. The molecule has 2 atom stereocenters. The van der Waals surface area contributed by atoms with Crippen molar-refractivity contribution in [3.63, 3.8) is 0 Å². The number of amides is 1. The number of unbranched alkanes of at least 4 members (excludes halogenated alkanes) is 1. The summed E-state index contributed by atoms with van der Waals surface area (Å²) in [6.07, 6.45) is 0.524. The Morgan fingerprint density at radius 1 is 0.972 bits per heavy atom. The number of rotatable bonds is 13. The molecule has 0 spiro atoms. The predicted molar refractivity (Wildman–Crippen MR) is 135 cm³/mol. The van der Waals surface area contributed by atoms with Crippen LogP contribution in [0.4, 0.5) is 4.79 Å². The van der Waals surface area contributed by atoms with E-state index in [1.807, 2.05) is 62.4 Å². The number of nitrogens with two attached hydrogens (primary N) is 1. The summed E-state index contributed by atoms with van der Waals surface area (Å²) in [4.78, 5) is 37.3. The molecule has 3 rings (SSSR count). The molecular weight excluding hydrogens is 462 g/mol. The Bertz CT molecular complexity index is 1030. The van der Waals surface area contributed by atoms with Crippen molar-refractivity contribution >= 4 is 18.0 Å². The number of hydrogen-bond acceptors (Lipinski definition) is 6. The molecule has 2 aromatic carbocycles. The number of nitrogens with one attached hydrogen (secondary N) is 1. The van der Waals surface area contributed by atoms with Crippen LogP contribution in [-0.4, -0.2) is 58.5 Å². The molecule has 0 saturated heterocycles. The monoisotopic (exact) mass is 497 g/mol. The summed E-state index contributed by atoms with van der Waals surface area (Å²) in [5.41, 5.74) is 12.3. The number of carboxylic acid groups (broad SMARTS) is 2. The average molecular weight is 498 g/mol. The zero-order valence-electron chi connectivity index (χ0n) is 20.7. The van der Waals surface area contributed by atoms with Crippen LogP contribution in [-0.2, 0) is 14.3 Å². The van der Waals surface area contributed by atoms with Crippen LogP contribution in [0.25, 0.3) is 11.1 Å². The Balaban J connectivity index is 1.83. The molecule has 0 aromatic heterocycles. The lowest BCUT2D eigenvalue weighted by Gasteiger charge is -2.32. The van der Waals surface area contributed by atoms with Crippen LogP contribution < -0.4 is 11.2 Å². The van der Waals surface area contributed by atoms with Gasteiger partial charge in [0.2, 0.25) is 0 Å². The molecule has 0 heterocycles. The van der Waals surface area contributed by atoms with Crippen LogP contribution in [0.5, 0.6) is 0 Å². The van der Waals surface area contributed by atoms with E-state index >= 15 is 0 Å². The van der Waals surface area contributed by atoms with Gasteiger partial charge >= 0.3 is 18.0 Å². The number of ether oxygens (including phenoxy) is 1. The van der Waals surface area contributed by atoms with Gasteiger partial charge in [0, 0.05) is 5.92 Å². The van der Waals surface area contributed by atoms with E-state index in [1.54, 1.807) is 0 Å². The van der Waals surface area contributed by atoms with Crippen molar-refractivity contribution in [2.45, 2.75) is 57.5 Å². The maximum Gasteiger partial charge on any atom is 0.425 e. The lowest BCUT2D eigenvalue weighted by atomic mass is 9.98. The van der Waals surface area contributed by atoms with Gasteiger partial charge in [0.1, 0.15) is 18.7 Å². The lowest BCUT2D eigenvalue weighted by Crippen LogP contribution is -2.58. The van der Waals surface area contributed by atoms with Gasteiger partial charge in [0.15, 0.2) is 0 Å². The fraction of sp³-hybridized carbons (Fsp3) is 0.444. The van der Waals surface area contributed by atoms with E-state index in [9.17, 15) is 24.6 Å². The number of hydrazine groups is 1. The third kappa shape index (κ3) is 6.41. The highest BCUT2D eigenvalue weighted by molar-refractivity contribution is 5.81. The van der Waals surface area contributed by atoms with Gasteiger partial charge in [-0.1, -0.05) is 62.4 Å². The van der Waals surface area contributed by atoms with E-state index in [0.29, 0.717) is 19.4 Å². The molecule has 1 amide bonds. The van der Waals surface area contributed by atoms with Crippen LogP contribution in [0.15, 0.2) is 48.5 Å². The zero-order chi connectivity index (χ0) is 26.2. The second-order valence-corrected chi connectivity index (χ2v) is 9.46. The second kappa shape index (κ2) is 12.5. The summed E-state index contributed by atoms with van der Waals surface area (Å²) in [7, 11) is 0. The highest BCUT2D eigenvalue weighted by atomic mass is 16.6. The highest BCUT2D eigenvalue weighted by Crippen LogP contribution is 2.44. The maximum atomic E-state index is 13.3. The average Bonchev–Trinajstić information content (AvgIpc) is 3.17. The molecule has 0 radical (unpaired) electrons. The molecule has 0 aliphatic heterocycles. The van der Waals surface area contributed by atoms with Crippen LogP contribution >= 0.6 is 0 Å². The zero-order valence-corrected chi connectivity index (χ0v) is 20.7. The molecule has 1 aliphatic carbocycles. The minimum Gasteiger partial charge on any atom is -0.480 e. The number of benzene rings is 2. The van der Waals surface area contributed by atoms with Crippen molar-refractivity contribution < 1.29 is 29.3 Å². The molecule has 5 N–H and O–H groups in total. The Morgan fingerprint density at radius 3 is 2.06 bits per heavy atom. The molecule has 9 nitrogen and oxygen atoms in total. The fourth-order valence-corrected chi connectivity index (χ4v) is 4.60. The Hall–Kier alpha value is -3.43. The SMILES string of the molecule is CC(C)C[C@@H](C(=O)O)N(N[C@@H](CCCCN)C(=O)O)C(=O)OCC1c2ccccc2-c2ccccc21. The van der Waals surface area contributed by atoms with Crippen LogP contribution in [0.3, 0.4) is 0 Å². The summed E-state index contributed by atoms with van der Waals surface area (Å²) < 4.78 is 5.67. The van der Waals surface area contributed by atoms with Crippen LogP contribution in [0.1, 0.15) is 56.6 Å². The number of fused-ring (bicyclic) bond motifs is 3. The van der Waals surface area contributed by atoms with Crippen molar-refractivity contribution in [3.05, 3.63) is 59.7 Å². The van der Waals surface area contributed by atoms with Gasteiger partial charge in [-0.05, 0) is 60.4 Å². The molecule has 36 heavy (non-hydrogen) atoms. The van der Waals surface area contributed by atoms with Gasteiger partial charge < -0.3 is 20.7 Å². The third-order valence-electron chi connectivity index (χ3n) is 6.36. The Morgan fingerprint density at radius 2 is 1.56 bits per heavy atom. The molecule has 1 aliphatic rings. The molecule has 2 aromatic rings. The Kier molecular flexibility index (Phi) is 9.44. The molecule has 0 fully saturated rings. The first-order valence-corrected chi connectivity index (χ1v) is 12.3. The van der Waals surface area contributed by atoms with Crippen molar-refractivity contribution in [2.24, 2.45) is 11.7 Å². The summed E-state index contributed by atoms with van der Waals surface area (Å²) in [5, 5.41) is 20.4. The van der Waals surface area contributed by atoms with Gasteiger partial charge in [-0.3, -0.25) is 4.79 Å². The topological polar surface area (TPSA) is 142 Å². The van der Waals surface area contributed by atoms with Gasteiger partial charge in [0.25, 0.3) is 0 Å². The quantitative estimate of drug-likeness (QED) is 0.242. The van der Waals surface area contributed by atoms with Crippen LogP contribution in [0, 0.1) is 5.92 Å². The molecular formula is C27H35N3O6. The highest BCUT2D eigenvalue weighted by Gasteiger charge is 2.36. The number of nitrogens with zero attached hydrogens (tertiary/aromatic N) is 1. The van der Waals surface area contributed by atoms with Crippen molar-refractivity contribution in [1.29, 1.82) is 0 Å². The molecule has 0 bridgehead atoms. The summed E-state index contributed by atoms with van der Waals surface area (Å²) in [5.74, 6) is -2.69. The van der Waals surface area contributed by atoms with E-state index in [4.69, 9.17) is 10.5 Å². The lowest BCUT2D eigenvalue weighted by molar-refractivity contribution is -0.148. The van der Waals surface area contributed by atoms with Gasteiger partial charge in [-0.25, -0.2) is 20.0 Å². The van der Waals surface area contributed by atoms with Crippen LogP contribution in [0.2, 0.25) is 0 Å². The molecule has 9 heteroatoms. The fourth-order valence-electron chi connectivity index (χ4n) is 4.60. The minimum atomic E-state index is -1.29. The van der Waals surface area contributed by atoms with E-state index in [-0.39, 0.29) is 31.3 Å². The van der Waals surface area contributed by atoms with Gasteiger partial charge in [-0.2, -0.15) is 0 Å². The number of carboxylic acids is 2. The normalized spacial score (nSPS) is 14.1. The number of aliphatic carboxylic acids is 2. The first-order valence-electron chi connectivity index (χ1n) is 12.3. The minimum absolute atomic E-state index is 0.00995. The smallest absolute Gasteiger partial charge is 0.425 e. The molecule has 0 saturated carbocycles. The van der Waals surface area contributed by atoms with E-state index in [1.165, 1.54) is 0 Å². The Labute approximate surface area is 211 Å². The van der Waals surface area contributed by atoms with E-state index < -0.39 is 30.1 Å². The first kappa shape index (κ1) is 27.2. The van der Waals surface area contributed by atoms with Gasteiger partial charge in [0.05, 0.1) is 0 Å². The number of carbonyl (C=O) groups is 3. The second-order valence-electron chi connectivity index (χ2n) is 9.46. The maximum absolute atomic E-state index is 13.3. The molecule has 0 unspecified atom stereocenters. The standard InChI is InChI=1S/C27H35N3O6/c1-17(2)15-24(26(33)34)30(29-23(25(31)32)13-7-8-14-28)27(35)36-16-22-20-11-5-3-9-18(20)19-10-4-6-12-21(19)22/h3-6,9-12,17,22-24,29H,7-8,13-16,28H2,1-2H3,(H,31,32)(H,33,34)/t23-,24-/m0/s1. The summed E-state index contributed by atoms with van der Waals surface area (Å²) in [6, 6.07) is 13.3.